The van der Waals surface area contributed by atoms with Gasteiger partial charge in [0.25, 0.3) is 0 Å². The van der Waals surface area contributed by atoms with Gasteiger partial charge in [-0.15, -0.1) is 11.3 Å². The number of halogens is 1. The lowest BCUT2D eigenvalue weighted by Crippen LogP contribution is -2.11. The van der Waals surface area contributed by atoms with E-state index in [9.17, 15) is 0 Å². The smallest absolute Gasteiger partial charge is 0.136 e. The van der Waals surface area contributed by atoms with Crippen LogP contribution in [0.15, 0.2) is 40.9 Å². The number of benzene rings is 2. The third-order valence-corrected chi connectivity index (χ3v) is 6.94. The molecule has 2 aromatic carbocycles. The van der Waals surface area contributed by atoms with E-state index in [-0.39, 0.29) is 0 Å². The summed E-state index contributed by atoms with van der Waals surface area (Å²) in [4.78, 5) is 1.45. The van der Waals surface area contributed by atoms with Gasteiger partial charge in [-0.25, -0.2) is 0 Å². The Bertz CT molecular complexity index is 879. The van der Waals surface area contributed by atoms with Crippen molar-refractivity contribution in [1.29, 1.82) is 0 Å². The standard InChI is InChI=1S/C23H25BrOS/c1-2-3-12-25-23-20-10-6-5-9-19(20)17(15-21(23)24)14-18-13-16-8-4-7-11-22(16)26-18/h4,7-8,11,13,15H,2-3,5-6,9-10,12,14H2,1H3. The van der Waals surface area contributed by atoms with Gasteiger partial charge in [0.2, 0.25) is 0 Å². The summed E-state index contributed by atoms with van der Waals surface area (Å²) < 4.78 is 8.70. The molecule has 0 saturated heterocycles. The Hall–Kier alpha value is -1.32. The third-order valence-electron chi connectivity index (χ3n) is 5.23. The second-order valence-corrected chi connectivity index (χ2v) is 9.16. The average molecular weight is 429 g/mol. The van der Waals surface area contributed by atoms with Crippen molar-refractivity contribution in [1.82, 2.24) is 0 Å². The van der Waals surface area contributed by atoms with Crippen LogP contribution in [0, 0.1) is 0 Å². The van der Waals surface area contributed by atoms with Crippen molar-refractivity contribution in [2.24, 2.45) is 0 Å². The maximum Gasteiger partial charge on any atom is 0.136 e. The number of thiophene rings is 1. The van der Waals surface area contributed by atoms with Crippen molar-refractivity contribution in [3.8, 4) is 5.75 Å². The van der Waals surface area contributed by atoms with Crippen molar-refractivity contribution in [3.05, 3.63) is 62.4 Å². The normalized spacial score (nSPS) is 13.8. The highest BCUT2D eigenvalue weighted by atomic mass is 79.9. The van der Waals surface area contributed by atoms with E-state index in [4.69, 9.17) is 4.74 Å². The first-order valence-electron chi connectivity index (χ1n) is 9.69. The second-order valence-electron chi connectivity index (χ2n) is 7.14. The molecule has 136 valence electrons. The number of fused-ring (bicyclic) bond motifs is 2. The number of unbranched alkanes of at least 4 members (excludes halogenated alkanes) is 1. The van der Waals surface area contributed by atoms with E-state index in [1.165, 1.54) is 51.8 Å². The van der Waals surface area contributed by atoms with Crippen LogP contribution in [0.2, 0.25) is 0 Å². The largest absolute Gasteiger partial charge is 0.492 e. The summed E-state index contributed by atoms with van der Waals surface area (Å²) in [7, 11) is 0. The molecule has 1 aliphatic rings. The number of rotatable bonds is 6. The molecule has 3 aromatic rings. The lowest BCUT2D eigenvalue weighted by molar-refractivity contribution is 0.303. The minimum Gasteiger partial charge on any atom is -0.492 e. The maximum absolute atomic E-state index is 6.18. The molecule has 1 heterocycles. The molecule has 0 saturated carbocycles. The molecule has 1 nitrogen and oxygen atoms in total. The quantitative estimate of drug-likeness (QED) is 0.373. The van der Waals surface area contributed by atoms with Crippen LogP contribution in [0.25, 0.3) is 10.1 Å². The van der Waals surface area contributed by atoms with Crippen LogP contribution < -0.4 is 4.74 Å². The van der Waals surface area contributed by atoms with Crippen molar-refractivity contribution in [3.63, 3.8) is 0 Å². The molecule has 0 amide bonds. The van der Waals surface area contributed by atoms with Gasteiger partial charge in [0.05, 0.1) is 11.1 Å². The van der Waals surface area contributed by atoms with E-state index in [2.05, 4.69) is 59.3 Å². The Labute approximate surface area is 168 Å². The molecule has 1 aromatic heterocycles. The predicted octanol–water partition coefficient (Wildman–Crippen LogP) is 7.31. The van der Waals surface area contributed by atoms with Crippen molar-refractivity contribution in [2.45, 2.75) is 51.9 Å². The van der Waals surface area contributed by atoms with Crippen molar-refractivity contribution >= 4 is 37.4 Å². The first kappa shape index (κ1) is 18.1. The van der Waals surface area contributed by atoms with Gasteiger partial charge < -0.3 is 4.74 Å². The molecule has 0 spiro atoms. The van der Waals surface area contributed by atoms with Crippen molar-refractivity contribution in [2.75, 3.05) is 6.61 Å². The first-order chi connectivity index (χ1) is 12.8. The van der Waals surface area contributed by atoms with Crippen LogP contribution in [-0.2, 0) is 19.3 Å². The Morgan fingerprint density at radius 3 is 2.69 bits per heavy atom. The zero-order valence-corrected chi connectivity index (χ0v) is 17.7. The molecule has 3 heteroatoms. The number of hydrogen-bond acceptors (Lipinski definition) is 2. The molecule has 0 atom stereocenters. The molecule has 1 aliphatic carbocycles. The number of hydrogen-bond donors (Lipinski definition) is 0. The lowest BCUT2D eigenvalue weighted by atomic mass is 9.86. The van der Waals surface area contributed by atoms with Gasteiger partial charge in [-0.2, -0.15) is 0 Å². The molecule has 4 rings (SSSR count). The minimum absolute atomic E-state index is 0.817. The minimum atomic E-state index is 0.817. The zero-order valence-electron chi connectivity index (χ0n) is 15.3. The molecule has 0 unspecified atom stereocenters. The van der Waals surface area contributed by atoms with Crippen LogP contribution in [0.3, 0.4) is 0 Å². The highest BCUT2D eigenvalue weighted by Gasteiger charge is 2.21. The van der Waals surface area contributed by atoms with Crippen molar-refractivity contribution < 1.29 is 4.74 Å². The molecule has 0 fully saturated rings. The molecule has 0 bridgehead atoms. The fourth-order valence-electron chi connectivity index (χ4n) is 3.90. The van der Waals surface area contributed by atoms with Gasteiger partial charge in [-0.3, -0.25) is 0 Å². The molecular weight excluding hydrogens is 404 g/mol. The SMILES string of the molecule is CCCCOc1c(Br)cc(Cc2cc3ccccc3s2)c2c1CCCC2. The summed E-state index contributed by atoms with van der Waals surface area (Å²) in [6, 6.07) is 13.4. The van der Waals surface area contributed by atoms with E-state index in [0.29, 0.717) is 0 Å². The Kier molecular flexibility index (Phi) is 5.66. The molecule has 0 aliphatic heterocycles. The van der Waals surface area contributed by atoms with E-state index in [0.717, 1.165) is 36.1 Å². The monoisotopic (exact) mass is 428 g/mol. The summed E-state index contributed by atoms with van der Waals surface area (Å²) in [5.74, 6) is 1.10. The fraction of sp³-hybridized carbons (Fsp3) is 0.391. The average Bonchev–Trinajstić information content (AvgIpc) is 3.06. The van der Waals surface area contributed by atoms with Crippen LogP contribution in [0.1, 0.15) is 54.2 Å². The Morgan fingerprint density at radius 2 is 1.88 bits per heavy atom. The maximum atomic E-state index is 6.18. The summed E-state index contributed by atoms with van der Waals surface area (Å²) in [6.07, 6.45) is 8.21. The van der Waals surface area contributed by atoms with E-state index < -0.39 is 0 Å². The summed E-state index contributed by atoms with van der Waals surface area (Å²) >= 11 is 5.73. The van der Waals surface area contributed by atoms with Gasteiger partial charge in [0.1, 0.15) is 5.75 Å². The van der Waals surface area contributed by atoms with E-state index in [1.807, 2.05) is 11.3 Å². The fourth-order valence-corrected chi connectivity index (χ4v) is 5.62. The Balaban J connectivity index is 1.68. The second kappa shape index (κ2) is 8.14. The van der Waals surface area contributed by atoms with Gasteiger partial charge in [-0.1, -0.05) is 31.5 Å². The van der Waals surface area contributed by atoms with Gasteiger partial charge in [0.15, 0.2) is 0 Å². The highest BCUT2D eigenvalue weighted by Crippen LogP contribution is 2.40. The highest BCUT2D eigenvalue weighted by molar-refractivity contribution is 9.10. The van der Waals surface area contributed by atoms with Crippen LogP contribution in [0.5, 0.6) is 5.75 Å². The summed E-state index contributed by atoms with van der Waals surface area (Å²) in [5.41, 5.74) is 4.47. The van der Waals surface area contributed by atoms with Crippen LogP contribution in [0.4, 0.5) is 0 Å². The number of ether oxygens (including phenoxy) is 1. The van der Waals surface area contributed by atoms with Crippen LogP contribution >= 0.6 is 27.3 Å². The first-order valence-corrected chi connectivity index (χ1v) is 11.3. The molecule has 0 radical (unpaired) electrons. The molecule has 26 heavy (non-hydrogen) atoms. The lowest BCUT2D eigenvalue weighted by Gasteiger charge is -2.24. The molecular formula is C23H25BrOS. The van der Waals surface area contributed by atoms with Gasteiger partial charge >= 0.3 is 0 Å². The van der Waals surface area contributed by atoms with Gasteiger partial charge in [-0.05, 0) is 88.3 Å². The zero-order chi connectivity index (χ0) is 17.9. The van der Waals surface area contributed by atoms with E-state index >= 15 is 0 Å². The molecule has 0 N–H and O–H groups in total. The third kappa shape index (κ3) is 3.70. The predicted molar refractivity (Wildman–Crippen MR) is 116 cm³/mol. The summed E-state index contributed by atoms with van der Waals surface area (Å²) in [5, 5.41) is 1.36. The summed E-state index contributed by atoms with van der Waals surface area (Å²) in [6.45, 7) is 3.03. The Morgan fingerprint density at radius 1 is 1.08 bits per heavy atom. The van der Waals surface area contributed by atoms with E-state index in [1.54, 1.807) is 5.56 Å². The topological polar surface area (TPSA) is 9.23 Å². The van der Waals surface area contributed by atoms with Gasteiger partial charge in [0, 0.05) is 16.0 Å². The van der Waals surface area contributed by atoms with Crippen LogP contribution in [-0.4, -0.2) is 6.61 Å².